The first-order chi connectivity index (χ1) is 12.9. The van der Waals surface area contributed by atoms with E-state index in [1.54, 1.807) is 25.1 Å². The SMILES string of the molecule is COC(=O)CSc1nnc(N)n1C(C)C(=O)Nc1nc2ccc(Cl)cc2s1. The number of halogens is 1. The molecule has 1 amide bonds. The highest BCUT2D eigenvalue weighted by Crippen LogP contribution is 2.29. The Labute approximate surface area is 167 Å². The van der Waals surface area contributed by atoms with Crippen molar-refractivity contribution in [2.24, 2.45) is 0 Å². The van der Waals surface area contributed by atoms with E-state index in [0.717, 1.165) is 22.0 Å². The minimum Gasteiger partial charge on any atom is -0.468 e. The van der Waals surface area contributed by atoms with E-state index in [1.807, 2.05) is 0 Å². The van der Waals surface area contributed by atoms with E-state index in [4.69, 9.17) is 17.3 Å². The van der Waals surface area contributed by atoms with Crippen LogP contribution in [0.2, 0.25) is 5.02 Å². The molecule has 2 heterocycles. The molecule has 0 spiro atoms. The molecular formula is C15H15ClN6O3S2. The molecule has 12 heteroatoms. The number of amides is 1. The van der Waals surface area contributed by atoms with Crippen LogP contribution in [0.4, 0.5) is 11.1 Å². The molecule has 3 N–H and O–H groups in total. The Balaban J connectivity index is 1.76. The summed E-state index contributed by atoms with van der Waals surface area (Å²) in [4.78, 5) is 28.3. The molecule has 1 unspecified atom stereocenters. The smallest absolute Gasteiger partial charge is 0.316 e. The molecule has 27 heavy (non-hydrogen) atoms. The molecule has 0 aliphatic rings. The number of carbonyl (C=O) groups is 2. The zero-order chi connectivity index (χ0) is 19.6. The number of hydrogen-bond donors (Lipinski definition) is 2. The van der Waals surface area contributed by atoms with Crippen molar-refractivity contribution in [2.45, 2.75) is 18.1 Å². The van der Waals surface area contributed by atoms with Gasteiger partial charge in [0.15, 0.2) is 10.3 Å². The lowest BCUT2D eigenvalue weighted by Crippen LogP contribution is -2.25. The van der Waals surface area contributed by atoms with Crippen molar-refractivity contribution in [3.05, 3.63) is 23.2 Å². The molecule has 142 valence electrons. The molecule has 9 nitrogen and oxygen atoms in total. The quantitative estimate of drug-likeness (QED) is 0.455. The Morgan fingerprint density at radius 3 is 2.96 bits per heavy atom. The van der Waals surface area contributed by atoms with Crippen LogP contribution in [0.15, 0.2) is 23.4 Å². The molecule has 0 bridgehead atoms. The van der Waals surface area contributed by atoms with Gasteiger partial charge in [-0.1, -0.05) is 34.7 Å². The van der Waals surface area contributed by atoms with Gasteiger partial charge in [0.05, 0.1) is 23.1 Å². The molecular weight excluding hydrogens is 412 g/mol. The third kappa shape index (κ3) is 4.31. The first kappa shape index (κ1) is 19.4. The monoisotopic (exact) mass is 426 g/mol. The van der Waals surface area contributed by atoms with Crippen LogP contribution in [0.25, 0.3) is 10.2 Å². The van der Waals surface area contributed by atoms with Crippen LogP contribution in [0, 0.1) is 0 Å². The summed E-state index contributed by atoms with van der Waals surface area (Å²) < 4.78 is 6.91. The number of rotatable bonds is 6. The van der Waals surface area contributed by atoms with Crippen LogP contribution in [0.5, 0.6) is 0 Å². The highest BCUT2D eigenvalue weighted by molar-refractivity contribution is 7.99. The van der Waals surface area contributed by atoms with Gasteiger partial charge < -0.3 is 15.8 Å². The number of anilines is 2. The van der Waals surface area contributed by atoms with E-state index in [9.17, 15) is 9.59 Å². The molecule has 0 saturated carbocycles. The van der Waals surface area contributed by atoms with Gasteiger partial charge >= 0.3 is 5.97 Å². The molecule has 3 rings (SSSR count). The minimum atomic E-state index is -0.712. The summed E-state index contributed by atoms with van der Waals surface area (Å²) in [6.45, 7) is 1.65. The van der Waals surface area contributed by atoms with Gasteiger partial charge in [0.1, 0.15) is 6.04 Å². The predicted octanol–water partition coefficient (Wildman–Crippen LogP) is 2.59. The molecule has 2 aromatic heterocycles. The maximum Gasteiger partial charge on any atom is 0.316 e. The number of nitrogens with one attached hydrogen (secondary N) is 1. The maximum absolute atomic E-state index is 12.6. The van der Waals surface area contributed by atoms with E-state index < -0.39 is 12.0 Å². The summed E-state index contributed by atoms with van der Waals surface area (Å²) >= 11 is 8.37. The number of fused-ring (bicyclic) bond motifs is 1. The number of thioether (sulfide) groups is 1. The predicted molar refractivity (Wildman–Crippen MR) is 105 cm³/mol. The van der Waals surface area contributed by atoms with E-state index >= 15 is 0 Å². The standard InChI is InChI=1S/C15H15ClN6O3S2/c1-7(22-13(17)20-21-15(22)26-6-11(23)25-2)12(24)19-14-18-9-4-3-8(16)5-10(9)27-14/h3-5,7H,6H2,1-2H3,(H2,17,20)(H,18,19,24). The lowest BCUT2D eigenvalue weighted by Gasteiger charge is -2.15. The van der Waals surface area contributed by atoms with E-state index in [-0.39, 0.29) is 17.6 Å². The van der Waals surface area contributed by atoms with Gasteiger partial charge in [0, 0.05) is 5.02 Å². The van der Waals surface area contributed by atoms with Crippen LogP contribution in [-0.2, 0) is 14.3 Å². The molecule has 1 atom stereocenters. The molecule has 0 radical (unpaired) electrons. The molecule has 0 fully saturated rings. The second-order valence-electron chi connectivity index (χ2n) is 5.37. The van der Waals surface area contributed by atoms with Crippen LogP contribution in [0.3, 0.4) is 0 Å². The van der Waals surface area contributed by atoms with Crippen LogP contribution in [0.1, 0.15) is 13.0 Å². The number of nitrogens with zero attached hydrogens (tertiary/aromatic N) is 4. The van der Waals surface area contributed by atoms with Crippen molar-refractivity contribution in [1.29, 1.82) is 0 Å². The Hall–Kier alpha value is -2.37. The Bertz CT molecular complexity index is 1000. The zero-order valence-corrected chi connectivity index (χ0v) is 16.7. The third-order valence-electron chi connectivity index (χ3n) is 3.59. The Morgan fingerprint density at radius 2 is 2.22 bits per heavy atom. The number of ether oxygens (including phenoxy) is 1. The summed E-state index contributed by atoms with van der Waals surface area (Å²) in [5, 5.41) is 11.8. The topological polar surface area (TPSA) is 125 Å². The van der Waals surface area contributed by atoms with Gasteiger partial charge in [0.25, 0.3) is 0 Å². The molecule has 1 aromatic carbocycles. The summed E-state index contributed by atoms with van der Waals surface area (Å²) in [5.74, 6) is -0.659. The van der Waals surface area contributed by atoms with Crippen molar-refractivity contribution in [3.63, 3.8) is 0 Å². The Morgan fingerprint density at radius 1 is 1.44 bits per heavy atom. The first-order valence-electron chi connectivity index (χ1n) is 7.66. The number of aromatic nitrogens is 4. The average Bonchev–Trinajstić information content (AvgIpc) is 3.20. The largest absolute Gasteiger partial charge is 0.468 e. The lowest BCUT2D eigenvalue weighted by molar-refractivity contribution is -0.137. The fraction of sp³-hybridized carbons (Fsp3) is 0.267. The summed E-state index contributed by atoms with van der Waals surface area (Å²) in [6, 6.07) is 4.59. The van der Waals surface area contributed by atoms with Crippen molar-refractivity contribution in [3.8, 4) is 0 Å². The fourth-order valence-electron chi connectivity index (χ4n) is 2.21. The second kappa shape index (κ2) is 8.11. The lowest BCUT2D eigenvalue weighted by atomic mass is 10.3. The number of benzene rings is 1. The maximum atomic E-state index is 12.6. The Kier molecular flexibility index (Phi) is 5.82. The number of hydrogen-bond acceptors (Lipinski definition) is 9. The highest BCUT2D eigenvalue weighted by Gasteiger charge is 2.23. The number of methoxy groups -OCH3 is 1. The number of nitrogens with two attached hydrogens (primary N) is 1. The number of thiazole rings is 1. The fourth-order valence-corrected chi connectivity index (χ4v) is 4.21. The number of esters is 1. The summed E-state index contributed by atoms with van der Waals surface area (Å²) in [7, 11) is 1.29. The van der Waals surface area contributed by atoms with Gasteiger partial charge in [-0.15, -0.1) is 10.2 Å². The third-order valence-corrected chi connectivity index (χ3v) is 5.67. The zero-order valence-electron chi connectivity index (χ0n) is 14.3. The van der Waals surface area contributed by atoms with Gasteiger partial charge in [0.2, 0.25) is 11.9 Å². The average molecular weight is 427 g/mol. The van der Waals surface area contributed by atoms with Gasteiger partial charge in [-0.3, -0.25) is 14.2 Å². The van der Waals surface area contributed by atoms with Crippen molar-refractivity contribution in [1.82, 2.24) is 19.7 Å². The van der Waals surface area contributed by atoms with Crippen molar-refractivity contribution in [2.75, 3.05) is 23.9 Å². The van der Waals surface area contributed by atoms with Crippen molar-refractivity contribution < 1.29 is 14.3 Å². The van der Waals surface area contributed by atoms with E-state index in [1.165, 1.54) is 23.0 Å². The summed E-state index contributed by atoms with van der Waals surface area (Å²) in [6.07, 6.45) is 0. The number of carbonyl (C=O) groups excluding carboxylic acids is 2. The highest BCUT2D eigenvalue weighted by atomic mass is 35.5. The molecule has 0 aliphatic heterocycles. The van der Waals surface area contributed by atoms with Crippen molar-refractivity contribution >= 4 is 67.9 Å². The number of nitrogen functional groups attached to an aromatic ring is 1. The van der Waals surface area contributed by atoms with Crippen LogP contribution >= 0.6 is 34.7 Å². The van der Waals surface area contributed by atoms with Gasteiger partial charge in [-0.2, -0.15) is 0 Å². The van der Waals surface area contributed by atoms with Gasteiger partial charge in [-0.05, 0) is 25.1 Å². The normalized spacial score (nSPS) is 12.1. The molecule has 3 aromatic rings. The van der Waals surface area contributed by atoms with Crippen LogP contribution in [-0.4, -0.2) is 44.5 Å². The molecule has 0 saturated heterocycles. The van der Waals surface area contributed by atoms with Crippen LogP contribution < -0.4 is 11.1 Å². The van der Waals surface area contributed by atoms with E-state index in [0.29, 0.717) is 15.3 Å². The van der Waals surface area contributed by atoms with E-state index in [2.05, 4.69) is 25.2 Å². The second-order valence-corrected chi connectivity index (χ2v) is 7.78. The first-order valence-corrected chi connectivity index (χ1v) is 9.84. The van der Waals surface area contributed by atoms with Gasteiger partial charge in [-0.25, -0.2) is 4.98 Å². The summed E-state index contributed by atoms with van der Waals surface area (Å²) in [5.41, 5.74) is 6.58. The molecule has 0 aliphatic carbocycles. The minimum absolute atomic E-state index is 0.0294.